The van der Waals surface area contributed by atoms with Crippen molar-refractivity contribution in [3.8, 4) is 22.5 Å². The molecule has 0 unspecified atom stereocenters. The summed E-state index contributed by atoms with van der Waals surface area (Å²) in [5.74, 6) is 0. The molecule has 0 atom stereocenters. The first-order valence-electron chi connectivity index (χ1n) is 13.4. The maximum absolute atomic E-state index is 7.60. The summed E-state index contributed by atoms with van der Waals surface area (Å²) in [6, 6.07) is 49.0. The van der Waals surface area contributed by atoms with E-state index < -0.39 is 0 Å². The van der Waals surface area contributed by atoms with Crippen molar-refractivity contribution < 1.29 is 0 Å². The van der Waals surface area contributed by atoms with E-state index in [-0.39, 0.29) is 0 Å². The third-order valence-corrected chi connectivity index (χ3v) is 7.96. The summed E-state index contributed by atoms with van der Waals surface area (Å²) in [6.45, 7) is 7.60. The van der Waals surface area contributed by atoms with E-state index in [4.69, 9.17) is 6.57 Å². The zero-order valence-electron chi connectivity index (χ0n) is 21.6. The fourth-order valence-corrected chi connectivity index (χ4v) is 6.24. The number of fused-ring (bicyclic) bond motifs is 6. The van der Waals surface area contributed by atoms with Crippen LogP contribution >= 0.6 is 0 Å². The second-order valence-corrected chi connectivity index (χ2v) is 10.1. The van der Waals surface area contributed by atoms with Crippen molar-refractivity contribution in [1.82, 2.24) is 9.13 Å². The highest BCUT2D eigenvalue weighted by atomic mass is 15.1. The van der Waals surface area contributed by atoms with E-state index in [1.165, 1.54) is 43.6 Å². The van der Waals surface area contributed by atoms with E-state index >= 15 is 0 Å². The standard InChI is InChI=1S/C37H23N3/c1-38-32-16-6-2-11-27(32)25-21-23-26(24-22-25)39-33-17-7-5-14-30(33)31-15-10-20-36(37(31)39)40-34-18-8-3-12-28(34)29-13-4-9-19-35(29)40/h2-24H. The predicted octanol–water partition coefficient (Wildman–Crippen LogP) is 10.1. The number of aromatic nitrogens is 2. The third-order valence-electron chi connectivity index (χ3n) is 7.96. The van der Waals surface area contributed by atoms with E-state index in [9.17, 15) is 0 Å². The lowest BCUT2D eigenvalue weighted by molar-refractivity contribution is 1.13. The van der Waals surface area contributed by atoms with Crippen LogP contribution in [0, 0.1) is 6.57 Å². The Balaban J connectivity index is 1.45. The first kappa shape index (κ1) is 22.4. The van der Waals surface area contributed by atoms with E-state index in [1.807, 2.05) is 24.3 Å². The molecular formula is C37H23N3. The Morgan fingerprint density at radius 3 is 1.62 bits per heavy atom. The Morgan fingerprint density at radius 2 is 0.975 bits per heavy atom. The van der Waals surface area contributed by atoms with Crippen molar-refractivity contribution in [2.24, 2.45) is 0 Å². The van der Waals surface area contributed by atoms with Crippen LogP contribution in [0.15, 0.2) is 140 Å². The molecular weight excluding hydrogens is 486 g/mol. The average molecular weight is 510 g/mol. The summed E-state index contributed by atoms with van der Waals surface area (Å²) in [6.07, 6.45) is 0. The molecule has 0 amide bonds. The van der Waals surface area contributed by atoms with Crippen molar-refractivity contribution in [3.05, 3.63) is 151 Å². The van der Waals surface area contributed by atoms with Crippen molar-refractivity contribution in [1.29, 1.82) is 0 Å². The molecule has 0 saturated carbocycles. The number of benzene rings is 6. The number of para-hydroxylation sites is 5. The first-order chi connectivity index (χ1) is 19.8. The van der Waals surface area contributed by atoms with Crippen molar-refractivity contribution in [3.63, 3.8) is 0 Å². The Morgan fingerprint density at radius 1 is 0.450 bits per heavy atom. The van der Waals surface area contributed by atoms with Gasteiger partial charge in [0.25, 0.3) is 0 Å². The van der Waals surface area contributed by atoms with Gasteiger partial charge < -0.3 is 9.13 Å². The topological polar surface area (TPSA) is 14.2 Å². The number of nitrogens with zero attached hydrogens (tertiary/aromatic N) is 3. The van der Waals surface area contributed by atoms with Crippen LogP contribution in [0.2, 0.25) is 0 Å². The Hall–Kier alpha value is -5.59. The van der Waals surface area contributed by atoms with Gasteiger partial charge in [-0.3, -0.25) is 0 Å². The minimum atomic E-state index is 0.667. The average Bonchev–Trinajstić information content (AvgIpc) is 3.54. The van der Waals surface area contributed by atoms with Crippen LogP contribution in [0.5, 0.6) is 0 Å². The Labute approximate surface area is 231 Å². The smallest absolute Gasteiger partial charge is 0.194 e. The van der Waals surface area contributed by atoms with Crippen LogP contribution in [0.25, 0.3) is 71.0 Å². The van der Waals surface area contributed by atoms with Crippen molar-refractivity contribution >= 4 is 49.3 Å². The van der Waals surface area contributed by atoms with E-state index in [2.05, 4.69) is 129 Å². The van der Waals surface area contributed by atoms with Crippen LogP contribution in [0.4, 0.5) is 5.69 Å². The zero-order valence-corrected chi connectivity index (χ0v) is 21.6. The minimum absolute atomic E-state index is 0.667. The van der Waals surface area contributed by atoms with Crippen LogP contribution in [0.1, 0.15) is 0 Å². The van der Waals surface area contributed by atoms with Crippen molar-refractivity contribution in [2.75, 3.05) is 0 Å². The highest BCUT2D eigenvalue weighted by Crippen LogP contribution is 2.40. The van der Waals surface area contributed by atoms with Crippen molar-refractivity contribution in [2.45, 2.75) is 0 Å². The molecule has 3 nitrogen and oxygen atoms in total. The normalized spacial score (nSPS) is 11.5. The van der Waals surface area contributed by atoms with Crippen LogP contribution in [-0.4, -0.2) is 9.13 Å². The van der Waals surface area contributed by atoms with Gasteiger partial charge in [0.2, 0.25) is 0 Å². The van der Waals surface area contributed by atoms with Gasteiger partial charge in [0.1, 0.15) is 0 Å². The van der Waals surface area contributed by atoms with E-state index in [0.29, 0.717) is 5.69 Å². The van der Waals surface area contributed by atoms with E-state index in [0.717, 1.165) is 22.5 Å². The van der Waals surface area contributed by atoms with Crippen LogP contribution in [-0.2, 0) is 0 Å². The maximum atomic E-state index is 7.60. The largest absolute Gasteiger partial charge is 0.307 e. The second kappa shape index (κ2) is 8.73. The summed E-state index contributed by atoms with van der Waals surface area (Å²) in [7, 11) is 0. The minimum Gasteiger partial charge on any atom is -0.307 e. The van der Waals surface area contributed by atoms with Gasteiger partial charge in [-0.25, -0.2) is 4.85 Å². The molecule has 40 heavy (non-hydrogen) atoms. The van der Waals surface area contributed by atoms with Gasteiger partial charge in [-0.1, -0.05) is 103 Å². The summed E-state index contributed by atoms with van der Waals surface area (Å²) in [4.78, 5) is 3.73. The second-order valence-electron chi connectivity index (χ2n) is 10.1. The molecule has 8 aromatic rings. The highest BCUT2D eigenvalue weighted by molar-refractivity contribution is 6.15. The molecule has 6 aromatic carbocycles. The molecule has 0 aliphatic carbocycles. The molecule has 0 aliphatic heterocycles. The molecule has 0 saturated heterocycles. The molecule has 0 bridgehead atoms. The monoisotopic (exact) mass is 509 g/mol. The molecule has 2 aromatic heterocycles. The van der Waals surface area contributed by atoms with Gasteiger partial charge in [-0.15, -0.1) is 0 Å². The van der Waals surface area contributed by atoms with Gasteiger partial charge in [0.05, 0.1) is 34.3 Å². The molecule has 186 valence electrons. The Kier molecular flexibility index (Phi) is 4.89. The highest BCUT2D eigenvalue weighted by Gasteiger charge is 2.19. The molecule has 0 fully saturated rings. The summed E-state index contributed by atoms with van der Waals surface area (Å²) in [5, 5.41) is 4.95. The number of rotatable bonds is 3. The maximum Gasteiger partial charge on any atom is 0.194 e. The lowest BCUT2D eigenvalue weighted by Gasteiger charge is -2.15. The van der Waals surface area contributed by atoms with E-state index in [1.54, 1.807) is 0 Å². The fourth-order valence-electron chi connectivity index (χ4n) is 6.24. The van der Waals surface area contributed by atoms with Gasteiger partial charge in [0.15, 0.2) is 5.69 Å². The molecule has 8 rings (SSSR count). The fraction of sp³-hybridized carbons (Fsp3) is 0. The van der Waals surface area contributed by atoms with Crippen LogP contribution < -0.4 is 0 Å². The number of hydrogen-bond acceptors (Lipinski definition) is 0. The molecule has 0 radical (unpaired) electrons. The van der Waals surface area contributed by atoms with Gasteiger partial charge in [0, 0.05) is 27.2 Å². The molecule has 3 heteroatoms. The molecule has 0 N–H and O–H groups in total. The molecule has 0 spiro atoms. The zero-order chi connectivity index (χ0) is 26.6. The van der Waals surface area contributed by atoms with Gasteiger partial charge >= 0.3 is 0 Å². The van der Waals surface area contributed by atoms with Gasteiger partial charge in [-0.05, 0) is 47.5 Å². The Bertz CT molecular complexity index is 2220. The SMILES string of the molecule is [C-]#[N+]c1ccccc1-c1ccc(-n2c3ccccc3c3cccc(-n4c5ccccc5c5ccccc54)c32)cc1. The predicted molar refractivity (Wildman–Crippen MR) is 167 cm³/mol. The first-order valence-corrected chi connectivity index (χ1v) is 13.4. The number of hydrogen-bond donors (Lipinski definition) is 0. The summed E-state index contributed by atoms with van der Waals surface area (Å²) in [5.41, 5.74) is 9.62. The molecule has 0 aliphatic rings. The van der Waals surface area contributed by atoms with Gasteiger partial charge in [-0.2, -0.15) is 0 Å². The lowest BCUT2D eigenvalue weighted by atomic mass is 10.0. The third kappa shape index (κ3) is 3.17. The molecule has 2 heterocycles. The summed E-state index contributed by atoms with van der Waals surface area (Å²) >= 11 is 0. The lowest BCUT2D eigenvalue weighted by Crippen LogP contribution is -2.00. The van der Waals surface area contributed by atoms with Crippen LogP contribution in [0.3, 0.4) is 0 Å². The quantitative estimate of drug-likeness (QED) is 0.210. The summed E-state index contributed by atoms with van der Waals surface area (Å²) < 4.78 is 4.79.